The number of para-hydroxylation sites is 2. The maximum absolute atomic E-state index is 12.8. The van der Waals surface area contributed by atoms with E-state index in [1.54, 1.807) is 19.1 Å². The van der Waals surface area contributed by atoms with Crippen LogP contribution in [0.4, 0.5) is 11.4 Å². The molecule has 172 valence electrons. The summed E-state index contributed by atoms with van der Waals surface area (Å²) in [4.78, 5) is 30.8. The van der Waals surface area contributed by atoms with Crippen LogP contribution >= 0.6 is 11.3 Å². The maximum Gasteiger partial charge on any atom is 0.350 e. The van der Waals surface area contributed by atoms with Gasteiger partial charge in [-0.05, 0) is 30.7 Å². The highest BCUT2D eigenvalue weighted by molar-refractivity contribution is 7.18. The zero-order valence-corrected chi connectivity index (χ0v) is 19.3. The second-order valence-corrected chi connectivity index (χ2v) is 8.79. The van der Waals surface area contributed by atoms with Gasteiger partial charge < -0.3 is 20.1 Å². The number of carbonyl (C=O) groups excluding carboxylic acids is 2. The number of phenols is 1. The normalized spacial score (nSPS) is 14.2. The Hall–Kier alpha value is -3.36. The lowest BCUT2D eigenvalue weighted by molar-refractivity contribution is -0.117. The van der Waals surface area contributed by atoms with Gasteiger partial charge in [0.15, 0.2) is 0 Å². The van der Waals surface area contributed by atoms with Crippen LogP contribution in [0.1, 0.15) is 16.6 Å². The Kier molecular flexibility index (Phi) is 7.26. The fourth-order valence-corrected chi connectivity index (χ4v) is 4.86. The fraction of sp³-hybridized carbons (Fsp3) is 0.280. The molecule has 0 saturated carbocycles. The summed E-state index contributed by atoms with van der Waals surface area (Å²) in [6.07, 6.45) is 0. The molecule has 2 N–H and O–H groups in total. The van der Waals surface area contributed by atoms with E-state index < -0.39 is 5.97 Å². The van der Waals surface area contributed by atoms with Gasteiger partial charge in [0.1, 0.15) is 10.6 Å². The Morgan fingerprint density at radius 1 is 1.03 bits per heavy atom. The molecule has 1 aliphatic rings. The minimum Gasteiger partial charge on any atom is -0.506 e. The third-order valence-corrected chi connectivity index (χ3v) is 6.65. The molecule has 7 nitrogen and oxygen atoms in total. The van der Waals surface area contributed by atoms with Crippen molar-refractivity contribution < 1.29 is 19.4 Å². The number of anilines is 2. The molecule has 1 fully saturated rings. The number of ether oxygens (including phenoxy) is 1. The van der Waals surface area contributed by atoms with Crippen molar-refractivity contribution in [2.75, 3.05) is 49.5 Å². The molecule has 0 radical (unpaired) electrons. The summed E-state index contributed by atoms with van der Waals surface area (Å²) in [7, 11) is 0. The summed E-state index contributed by atoms with van der Waals surface area (Å²) in [6, 6.07) is 18.9. The summed E-state index contributed by atoms with van der Waals surface area (Å²) in [5, 5.41) is 13.0. The Morgan fingerprint density at radius 2 is 1.73 bits per heavy atom. The number of nitrogens with one attached hydrogen (secondary N) is 1. The van der Waals surface area contributed by atoms with Gasteiger partial charge in [0.05, 0.1) is 24.5 Å². The van der Waals surface area contributed by atoms with E-state index in [4.69, 9.17) is 4.74 Å². The minimum absolute atomic E-state index is 0.172. The van der Waals surface area contributed by atoms with Crippen LogP contribution in [0.5, 0.6) is 5.75 Å². The molecule has 0 unspecified atom stereocenters. The molecule has 0 aliphatic carbocycles. The molecule has 1 saturated heterocycles. The first-order valence-corrected chi connectivity index (χ1v) is 11.8. The number of amides is 1. The van der Waals surface area contributed by atoms with Crippen LogP contribution in [-0.2, 0) is 9.53 Å². The average Bonchev–Trinajstić information content (AvgIpc) is 3.24. The first-order chi connectivity index (χ1) is 16.0. The molecule has 0 bridgehead atoms. The predicted molar refractivity (Wildman–Crippen MR) is 131 cm³/mol. The molecule has 2 heterocycles. The number of hydrogen-bond acceptors (Lipinski definition) is 7. The number of piperazine rings is 1. The number of aromatic hydroxyl groups is 1. The molecule has 1 amide bonds. The van der Waals surface area contributed by atoms with Gasteiger partial charge in [-0.2, -0.15) is 0 Å². The molecule has 3 aromatic rings. The van der Waals surface area contributed by atoms with Gasteiger partial charge in [0, 0.05) is 31.1 Å². The average molecular weight is 466 g/mol. The lowest BCUT2D eigenvalue weighted by Crippen LogP contribution is -2.48. The van der Waals surface area contributed by atoms with E-state index in [-0.39, 0.29) is 24.8 Å². The Morgan fingerprint density at radius 3 is 2.42 bits per heavy atom. The maximum atomic E-state index is 12.8. The summed E-state index contributed by atoms with van der Waals surface area (Å²) in [6.45, 7) is 5.10. The molecular formula is C25H27N3O4S. The molecule has 8 heteroatoms. The van der Waals surface area contributed by atoms with Crippen molar-refractivity contribution in [3.05, 3.63) is 65.5 Å². The van der Waals surface area contributed by atoms with Gasteiger partial charge in [-0.25, -0.2) is 4.79 Å². The summed E-state index contributed by atoms with van der Waals surface area (Å²) < 4.78 is 5.20. The molecule has 33 heavy (non-hydrogen) atoms. The molecule has 2 aromatic carbocycles. The van der Waals surface area contributed by atoms with Gasteiger partial charge in [-0.3, -0.25) is 9.69 Å². The molecule has 1 aromatic heterocycles. The number of phenolic OH excluding ortho intramolecular Hbond substituents is 1. The van der Waals surface area contributed by atoms with Crippen molar-refractivity contribution in [1.29, 1.82) is 0 Å². The van der Waals surface area contributed by atoms with Crippen molar-refractivity contribution >= 4 is 34.6 Å². The smallest absolute Gasteiger partial charge is 0.350 e. The number of rotatable bonds is 7. The van der Waals surface area contributed by atoms with E-state index in [0.29, 0.717) is 23.7 Å². The van der Waals surface area contributed by atoms with E-state index >= 15 is 0 Å². The predicted octanol–water partition coefficient (Wildman–Crippen LogP) is 4.06. The second-order valence-electron chi connectivity index (χ2n) is 7.74. The molecular weight excluding hydrogens is 438 g/mol. The van der Waals surface area contributed by atoms with Gasteiger partial charge in [0.2, 0.25) is 5.91 Å². The number of carbonyl (C=O) groups is 2. The second kappa shape index (κ2) is 10.5. The lowest BCUT2D eigenvalue weighted by Gasteiger charge is -2.35. The zero-order valence-electron chi connectivity index (χ0n) is 18.5. The highest BCUT2D eigenvalue weighted by Gasteiger charge is 2.23. The monoisotopic (exact) mass is 465 g/mol. The Labute approximate surface area is 197 Å². The SMILES string of the molecule is CCOC(=O)c1sc(-c2ccccc2)cc1NC(=O)CN1CCN(c2ccccc2O)CC1. The third-order valence-electron chi connectivity index (χ3n) is 5.49. The van der Waals surface area contributed by atoms with E-state index in [1.165, 1.54) is 11.3 Å². The van der Waals surface area contributed by atoms with Crippen LogP contribution in [0.15, 0.2) is 60.7 Å². The van der Waals surface area contributed by atoms with Crippen LogP contribution in [0.25, 0.3) is 10.4 Å². The van der Waals surface area contributed by atoms with Crippen LogP contribution < -0.4 is 10.2 Å². The molecule has 0 atom stereocenters. The third kappa shape index (κ3) is 5.53. The number of nitrogens with zero attached hydrogens (tertiary/aromatic N) is 2. The van der Waals surface area contributed by atoms with E-state index in [2.05, 4.69) is 15.1 Å². The number of hydrogen-bond donors (Lipinski definition) is 2. The van der Waals surface area contributed by atoms with Crippen molar-refractivity contribution in [1.82, 2.24) is 4.90 Å². The highest BCUT2D eigenvalue weighted by Crippen LogP contribution is 2.35. The molecule has 1 aliphatic heterocycles. The van der Waals surface area contributed by atoms with E-state index in [1.807, 2.05) is 48.5 Å². The summed E-state index contributed by atoms with van der Waals surface area (Å²) in [5.74, 6) is -0.341. The first kappa shape index (κ1) is 22.8. The number of thiophene rings is 1. The first-order valence-electron chi connectivity index (χ1n) is 11.0. The van der Waals surface area contributed by atoms with E-state index in [9.17, 15) is 14.7 Å². The standard InChI is InChI=1S/C25H27N3O4S/c1-2-32-25(31)24-19(16-22(33-24)18-8-4-3-5-9-18)26-23(30)17-27-12-14-28(15-13-27)20-10-6-7-11-21(20)29/h3-11,16,29H,2,12-15,17H2,1H3,(H,26,30). The van der Waals surface area contributed by atoms with Crippen LogP contribution in [0.3, 0.4) is 0 Å². The quantitative estimate of drug-likeness (QED) is 0.512. The largest absolute Gasteiger partial charge is 0.506 e. The summed E-state index contributed by atoms with van der Waals surface area (Å²) >= 11 is 1.31. The molecule has 4 rings (SSSR count). The number of esters is 1. The topological polar surface area (TPSA) is 82.1 Å². The lowest BCUT2D eigenvalue weighted by atomic mass is 10.2. The van der Waals surface area contributed by atoms with Gasteiger partial charge >= 0.3 is 5.97 Å². The zero-order chi connectivity index (χ0) is 23.2. The number of benzene rings is 2. The van der Waals surface area contributed by atoms with Crippen molar-refractivity contribution in [3.8, 4) is 16.2 Å². The fourth-order valence-electron chi connectivity index (χ4n) is 3.85. The summed E-state index contributed by atoms with van der Waals surface area (Å²) in [5.41, 5.74) is 2.27. The van der Waals surface area contributed by atoms with E-state index in [0.717, 1.165) is 29.2 Å². The Bertz CT molecular complexity index is 1110. The van der Waals surface area contributed by atoms with Gasteiger partial charge in [0.25, 0.3) is 0 Å². The highest BCUT2D eigenvalue weighted by atomic mass is 32.1. The van der Waals surface area contributed by atoms with Crippen molar-refractivity contribution in [2.24, 2.45) is 0 Å². The van der Waals surface area contributed by atoms with Crippen LogP contribution in [0, 0.1) is 0 Å². The van der Waals surface area contributed by atoms with Crippen molar-refractivity contribution in [3.63, 3.8) is 0 Å². The minimum atomic E-state index is -0.434. The van der Waals surface area contributed by atoms with Gasteiger partial charge in [-0.15, -0.1) is 11.3 Å². The van der Waals surface area contributed by atoms with Gasteiger partial charge in [-0.1, -0.05) is 42.5 Å². The van der Waals surface area contributed by atoms with Crippen LogP contribution in [-0.4, -0.2) is 61.2 Å². The van der Waals surface area contributed by atoms with Crippen LogP contribution in [0.2, 0.25) is 0 Å². The Balaban J connectivity index is 1.40. The molecule has 0 spiro atoms. The van der Waals surface area contributed by atoms with Crippen molar-refractivity contribution in [2.45, 2.75) is 6.92 Å².